The molecule has 114 valence electrons. The van der Waals surface area contributed by atoms with Crippen LogP contribution in [0.25, 0.3) is 0 Å². The van der Waals surface area contributed by atoms with Gasteiger partial charge in [0.15, 0.2) is 0 Å². The van der Waals surface area contributed by atoms with Gasteiger partial charge in [0.05, 0.1) is 0 Å². The van der Waals surface area contributed by atoms with Crippen LogP contribution in [0.4, 0.5) is 0 Å². The fourth-order valence-electron chi connectivity index (χ4n) is 3.46. The Morgan fingerprint density at radius 1 is 1.33 bits per heavy atom. The van der Waals surface area contributed by atoms with Crippen LogP contribution >= 0.6 is 0 Å². The Morgan fingerprint density at radius 2 is 2.10 bits per heavy atom. The van der Waals surface area contributed by atoms with Crippen LogP contribution in [0.1, 0.15) is 30.0 Å². The van der Waals surface area contributed by atoms with Crippen LogP contribution in [0, 0.1) is 5.92 Å². The highest BCUT2D eigenvalue weighted by molar-refractivity contribution is 5.84. The zero-order chi connectivity index (χ0) is 14.7. The second kappa shape index (κ2) is 6.58. The standard InChI is InChI=1S/C17H24N2O2/c1-21-12-13-7-10-19(11-8-13)17(20)16-15-5-3-2-4-14(15)6-9-18-16/h2-5,13,16,18H,6-12H2,1H3. The van der Waals surface area contributed by atoms with Gasteiger partial charge in [0.1, 0.15) is 6.04 Å². The normalized spacial score (nSPS) is 22.9. The summed E-state index contributed by atoms with van der Waals surface area (Å²) in [6, 6.07) is 8.15. The monoisotopic (exact) mass is 288 g/mol. The summed E-state index contributed by atoms with van der Waals surface area (Å²) in [6.45, 7) is 3.40. The number of methoxy groups -OCH3 is 1. The van der Waals surface area contributed by atoms with Crippen LogP contribution < -0.4 is 5.32 Å². The zero-order valence-corrected chi connectivity index (χ0v) is 12.7. The number of carbonyl (C=O) groups excluding carboxylic acids is 1. The molecular formula is C17H24N2O2. The third-order valence-electron chi connectivity index (χ3n) is 4.68. The van der Waals surface area contributed by atoms with Crippen molar-refractivity contribution >= 4 is 5.91 Å². The second-order valence-corrected chi connectivity index (χ2v) is 6.06. The van der Waals surface area contributed by atoms with E-state index in [9.17, 15) is 4.79 Å². The molecule has 3 rings (SSSR count). The number of fused-ring (bicyclic) bond motifs is 1. The molecule has 1 saturated heterocycles. The van der Waals surface area contributed by atoms with Gasteiger partial charge in [-0.15, -0.1) is 0 Å². The Bertz CT molecular complexity index is 495. The molecule has 1 aromatic carbocycles. The van der Waals surface area contributed by atoms with E-state index in [2.05, 4.69) is 23.5 Å². The lowest BCUT2D eigenvalue weighted by atomic mass is 9.92. The Labute approximate surface area is 126 Å². The SMILES string of the molecule is COCC1CCN(C(=O)C2NCCc3ccccc32)CC1. The maximum atomic E-state index is 12.8. The number of hydrogen-bond donors (Lipinski definition) is 1. The van der Waals surface area contributed by atoms with E-state index >= 15 is 0 Å². The number of rotatable bonds is 3. The molecule has 1 unspecified atom stereocenters. The lowest BCUT2D eigenvalue weighted by molar-refractivity contribution is -0.135. The first-order valence-corrected chi connectivity index (χ1v) is 7.88. The first kappa shape index (κ1) is 14.5. The highest BCUT2D eigenvalue weighted by Crippen LogP contribution is 2.26. The number of amides is 1. The summed E-state index contributed by atoms with van der Waals surface area (Å²) in [6.07, 6.45) is 3.11. The van der Waals surface area contributed by atoms with Crippen LogP contribution in [0.3, 0.4) is 0 Å². The molecule has 0 aliphatic carbocycles. The van der Waals surface area contributed by atoms with Crippen molar-refractivity contribution in [1.82, 2.24) is 10.2 Å². The van der Waals surface area contributed by atoms with Gasteiger partial charge in [-0.3, -0.25) is 4.79 Å². The number of benzene rings is 1. The van der Waals surface area contributed by atoms with Crippen molar-refractivity contribution in [2.75, 3.05) is 33.4 Å². The quantitative estimate of drug-likeness (QED) is 0.921. The van der Waals surface area contributed by atoms with E-state index in [0.717, 1.165) is 51.1 Å². The molecule has 1 aromatic rings. The molecule has 0 radical (unpaired) electrons. The molecule has 0 spiro atoms. The molecule has 1 amide bonds. The Kier molecular flexibility index (Phi) is 4.56. The van der Waals surface area contributed by atoms with Crippen LogP contribution in [0.5, 0.6) is 0 Å². The molecule has 0 aromatic heterocycles. The van der Waals surface area contributed by atoms with Gasteiger partial charge < -0.3 is 15.0 Å². The minimum absolute atomic E-state index is 0.158. The molecule has 4 nitrogen and oxygen atoms in total. The number of nitrogens with zero attached hydrogens (tertiary/aromatic N) is 1. The van der Waals surface area contributed by atoms with Crippen molar-refractivity contribution in [2.45, 2.75) is 25.3 Å². The Hall–Kier alpha value is -1.39. The topological polar surface area (TPSA) is 41.6 Å². The zero-order valence-electron chi connectivity index (χ0n) is 12.7. The third-order valence-corrected chi connectivity index (χ3v) is 4.68. The molecule has 2 aliphatic rings. The van der Waals surface area contributed by atoms with E-state index < -0.39 is 0 Å². The molecule has 0 saturated carbocycles. The van der Waals surface area contributed by atoms with E-state index in [-0.39, 0.29) is 11.9 Å². The third kappa shape index (κ3) is 3.11. The van der Waals surface area contributed by atoms with E-state index in [1.807, 2.05) is 11.0 Å². The number of nitrogens with one attached hydrogen (secondary N) is 1. The van der Waals surface area contributed by atoms with Gasteiger partial charge in [0.2, 0.25) is 5.91 Å². The maximum absolute atomic E-state index is 12.8. The van der Waals surface area contributed by atoms with Crippen molar-refractivity contribution in [1.29, 1.82) is 0 Å². The van der Waals surface area contributed by atoms with E-state index in [1.54, 1.807) is 7.11 Å². The maximum Gasteiger partial charge on any atom is 0.244 e. The second-order valence-electron chi connectivity index (χ2n) is 6.06. The fraction of sp³-hybridized carbons (Fsp3) is 0.588. The smallest absolute Gasteiger partial charge is 0.244 e. The Morgan fingerprint density at radius 3 is 2.86 bits per heavy atom. The van der Waals surface area contributed by atoms with Gasteiger partial charge in [-0.05, 0) is 36.3 Å². The summed E-state index contributed by atoms with van der Waals surface area (Å²) in [5.41, 5.74) is 2.47. The first-order valence-electron chi connectivity index (χ1n) is 7.88. The summed E-state index contributed by atoms with van der Waals surface area (Å²) in [7, 11) is 1.75. The largest absolute Gasteiger partial charge is 0.384 e. The first-order chi connectivity index (χ1) is 10.3. The number of hydrogen-bond acceptors (Lipinski definition) is 3. The van der Waals surface area contributed by atoms with Crippen LogP contribution in [-0.2, 0) is 16.0 Å². The molecule has 2 aliphatic heterocycles. The van der Waals surface area contributed by atoms with Gasteiger partial charge in [-0.25, -0.2) is 0 Å². The van der Waals surface area contributed by atoms with Gasteiger partial charge in [-0.1, -0.05) is 24.3 Å². The van der Waals surface area contributed by atoms with E-state index in [1.165, 1.54) is 5.56 Å². The average molecular weight is 288 g/mol. The summed E-state index contributed by atoms with van der Waals surface area (Å²) in [5, 5.41) is 3.39. The number of likely N-dealkylation sites (tertiary alicyclic amines) is 1. The molecule has 0 bridgehead atoms. The highest BCUT2D eigenvalue weighted by atomic mass is 16.5. The molecule has 2 heterocycles. The molecular weight excluding hydrogens is 264 g/mol. The van der Waals surface area contributed by atoms with E-state index in [4.69, 9.17) is 4.74 Å². The molecule has 4 heteroatoms. The molecule has 1 N–H and O–H groups in total. The summed E-state index contributed by atoms with van der Waals surface area (Å²) < 4.78 is 5.22. The molecule has 21 heavy (non-hydrogen) atoms. The predicted molar refractivity (Wildman–Crippen MR) is 82.1 cm³/mol. The van der Waals surface area contributed by atoms with Gasteiger partial charge in [0, 0.05) is 33.4 Å². The fourth-order valence-corrected chi connectivity index (χ4v) is 3.46. The average Bonchev–Trinajstić information content (AvgIpc) is 2.55. The van der Waals surface area contributed by atoms with Crippen molar-refractivity contribution < 1.29 is 9.53 Å². The molecule has 1 atom stereocenters. The Balaban J connectivity index is 1.67. The van der Waals surface area contributed by atoms with Crippen molar-refractivity contribution in [3.05, 3.63) is 35.4 Å². The summed E-state index contributed by atoms with van der Waals surface area (Å²) >= 11 is 0. The summed E-state index contributed by atoms with van der Waals surface area (Å²) in [5.74, 6) is 0.837. The molecule has 1 fully saturated rings. The summed E-state index contributed by atoms with van der Waals surface area (Å²) in [4.78, 5) is 14.8. The number of carbonyl (C=O) groups is 1. The lowest BCUT2D eigenvalue weighted by Gasteiger charge is -2.36. The van der Waals surface area contributed by atoms with Crippen molar-refractivity contribution in [2.24, 2.45) is 5.92 Å². The van der Waals surface area contributed by atoms with Crippen LogP contribution in [-0.4, -0.2) is 44.2 Å². The highest BCUT2D eigenvalue weighted by Gasteiger charge is 2.31. The van der Waals surface area contributed by atoms with Crippen LogP contribution in [0.2, 0.25) is 0 Å². The van der Waals surface area contributed by atoms with Gasteiger partial charge in [-0.2, -0.15) is 0 Å². The van der Waals surface area contributed by atoms with Gasteiger partial charge >= 0.3 is 0 Å². The van der Waals surface area contributed by atoms with Crippen molar-refractivity contribution in [3.63, 3.8) is 0 Å². The predicted octanol–water partition coefficient (Wildman–Crippen LogP) is 1.76. The van der Waals surface area contributed by atoms with Crippen molar-refractivity contribution in [3.8, 4) is 0 Å². The minimum atomic E-state index is -0.158. The van der Waals surface area contributed by atoms with Crippen LogP contribution in [0.15, 0.2) is 24.3 Å². The number of ether oxygens (including phenoxy) is 1. The minimum Gasteiger partial charge on any atom is -0.384 e. The number of piperidine rings is 1. The van der Waals surface area contributed by atoms with E-state index in [0.29, 0.717) is 5.92 Å². The lowest BCUT2D eigenvalue weighted by Crippen LogP contribution is -2.47. The van der Waals surface area contributed by atoms with Gasteiger partial charge in [0.25, 0.3) is 0 Å².